The normalized spacial score (nSPS) is 17.8. The highest BCUT2D eigenvalue weighted by atomic mass is 16.6. The van der Waals surface area contributed by atoms with Crippen LogP contribution < -0.4 is 4.74 Å². The Kier molecular flexibility index (Phi) is 2.80. The highest BCUT2D eigenvalue weighted by Gasteiger charge is 2.22. The number of hydrogen-bond acceptors (Lipinski definition) is 2. The van der Waals surface area contributed by atoms with Crippen molar-refractivity contribution in [3.8, 4) is 16.9 Å². The molecule has 1 fully saturated rings. The lowest BCUT2D eigenvalue weighted by Crippen LogP contribution is -2.03. The Morgan fingerprint density at radius 2 is 1.76 bits per heavy atom. The molecule has 0 saturated carbocycles. The maximum Gasteiger partial charge on any atom is 0.120 e. The minimum Gasteiger partial charge on any atom is -0.491 e. The highest BCUT2D eigenvalue weighted by Crippen LogP contribution is 2.24. The zero-order chi connectivity index (χ0) is 11.5. The van der Waals surface area contributed by atoms with Crippen molar-refractivity contribution in [1.82, 2.24) is 0 Å². The van der Waals surface area contributed by atoms with E-state index < -0.39 is 0 Å². The summed E-state index contributed by atoms with van der Waals surface area (Å²) in [5.41, 5.74) is 2.39. The van der Waals surface area contributed by atoms with Crippen molar-refractivity contribution >= 4 is 0 Å². The second-order valence-electron chi connectivity index (χ2n) is 4.16. The first-order valence-corrected chi connectivity index (χ1v) is 5.82. The summed E-state index contributed by atoms with van der Waals surface area (Å²) < 4.78 is 10.8. The van der Waals surface area contributed by atoms with Gasteiger partial charge in [0.2, 0.25) is 0 Å². The van der Waals surface area contributed by atoms with E-state index in [4.69, 9.17) is 9.47 Å². The maximum absolute atomic E-state index is 5.67. The molecule has 0 N–H and O–H groups in total. The summed E-state index contributed by atoms with van der Waals surface area (Å²) in [6, 6.07) is 18.5. The van der Waals surface area contributed by atoms with Gasteiger partial charge in [-0.2, -0.15) is 0 Å². The fourth-order valence-corrected chi connectivity index (χ4v) is 1.75. The molecule has 1 aliphatic rings. The van der Waals surface area contributed by atoms with E-state index in [9.17, 15) is 0 Å². The SMILES string of the molecule is c1ccc(-c2cccc(OCC3CO3)c2)cc1. The predicted molar refractivity (Wildman–Crippen MR) is 67.1 cm³/mol. The zero-order valence-electron chi connectivity index (χ0n) is 9.50. The summed E-state index contributed by atoms with van der Waals surface area (Å²) in [6.45, 7) is 1.48. The average Bonchev–Trinajstić information content (AvgIpc) is 3.22. The number of epoxide rings is 1. The molecule has 0 amide bonds. The molecule has 1 heterocycles. The molecular weight excluding hydrogens is 212 g/mol. The average molecular weight is 226 g/mol. The molecule has 1 unspecified atom stereocenters. The summed E-state index contributed by atoms with van der Waals surface area (Å²) in [6.07, 6.45) is 0.301. The van der Waals surface area contributed by atoms with Gasteiger partial charge >= 0.3 is 0 Å². The Bertz CT molecular complexity index is 489. The molecule has 0 aromatic heterocycles. The largest absolute Gasteiger partial charge is 0.491 e. The van der Waals surface area contributed by atoms with Crippen LogP contribution in [0.1, 0.15) is 0 Å². The van der Waals surface area contributed by atoms with Gasteiger partial charge in [-0.25, -0.2) is 0 Å². The van der Waals surface area contributed by atoms with Gasteiger partial charge in [0.1, 0.15) is 18.5 Å². The Hall–Kier alpha value is -1.80. The highest BCUT2D eigenvalue weighted by molar-refractivity contribution is 5.64. The molecule has 1 atom stereocenters. The molecular formula is C15H14O2. The summed E-state index contributed by atoms with van der Waals surface area (Å²) >= 11 is 0. The van der Waals surface area contributed by atoms with Crippen LogP contribution in [0.15, 0.2) is 54.6 Å². The van der Waals surface area contributed by atoms with Crippen molar-refractivity contribution < 1.29 is 9.47 Å². The Morgan fingerprint density at radius 1 is 1.00 bits per heavy atom. The van der Waals surface area contributed by atoms with E-state index in [1.165, 1.54) is 11.1 Å². The molecule has 2 nitrogen and oxygen atoms in total. The summed E-state index contributed by atoms with van der Waals surface area (Å²) in [5.74, 6) is 0.904. The first-order valence-electron chi connectivity index (χ1n) is 5.82. The molecule has 0 spiro atoms. The van der Waals surface area contributed by atoms with Crippen LogP contribution in [0.2, 0.25) is 0 Å². The molecule has 2 heteroatoms. The topological polar surface area (TPSA) is 21.8 Å². The van der Waals surface area contributed by atoms with Gasteiger partial charge in [-0.05, 0) is 23.3 Å². The lowest BCUT2D eigenvalue weighted by Gasteiger charge is -2.06. The lowest BCUT2D eigenvalue weighted by molar-refractivity contribution is 0.263. The quantitative estimate of drug-likeness (QED) is 0.747. The summed E-state index contributed by atoms with van der Waals surface area (Å²) in [7, 11) is 0. The maximum atomic E-state index is 5.67. The third kappa shape index (κ3) is 2.66. The van der Waals surface area contributed by atoms with E-state index in [2.05, 4.69) is 24.3 Å². The monoisotopic (exact) mass is 226 g/mol. The fraction of sp³-hybridized carbons (Fsp3) is 0.200. The van der Waals surface area contributed by atoms with Gasteiger partial charge < -0.3 is 9.47 Å². The van der Waals surface area contributed by atoms with E-state index in [0.717, 1.165) is 12.4 Å². The summed E-state index contributed by atoms with van der Waals surface area (Å²) in [4.78, 5) is 0. The molecule has 1 aliphatic heterocycles. The van der Waals surface area contributed by atoms with Crippen molar-refractivity contribution in [2.24, 2.45) is 0 Å². The molecule has 0 bridgehead atoms. The number of benzene rings is 2. The van der Waals surface area contributed by atoms with Gasteiger partial charge in [-0.1, -0.05) is 42.5 Å². The van der Waals surface area contributed by atoms with E-state index in [-0.39, 0.29) is 0 Å². The van der Waals surface area contributed by atoms with Crippen molar-refractivity contribution in [3.63, 3.8) is 0 Å². The van der Waals surface area contributed by atoms with Gasteiger partial charge in [-0.3, -0.25) is 0 Å². The van der Waals surface area contributed by atoms with Crippen molar-refractivity contribution in [2.75, 3.05) is 13.2 Å². The Morgan fingerprint density at radius 3 is 2.53 bits per heavy atom. The van der Waals surface area contributed by atoms with Crippen molar-refractivity contribution in [3.05, 3.63) is 54.6 Å². The first-order chi connectivity index (χ1) is 8.42. The molecule has 0 aliphatic carbocycles. The third-order valence-electron chi connectivity index (χ3n) is 2.78. The smallest absolute Gasteiger partial charge is 0.120 e. The minimum absolute atomic E-state index is 0.301. The van der Waals surface area contributed by atoms with Gasteiger partial charge in [0.05, 0.1) is 6.61 Å². The number of hydrogen-bond donors (Lipinski definition) is 0. The molecule has 1 saturated heterocycles. The van der Waals surface area contributed by atoms with E-state index in [1.54, 1.807) is 0 Å². The second-order valence-corrected chi connectivity index (χ2v) is 4.16. The van der Waals surface area contributed by atoms with Crippen molar-refractivity contribution in [1.29, 1.82) is 0 Å². The van der Waals surface area contributed by atoms with Gasteiger partial charge in [-0.15, -0.1) is 0 Å². The van der Waals surface area contributed by atoms with Crippen LogP contribution in [-0.4, -0.2) is 19.3 Å². The molecule has 3 rings (SSSR count). The molecule has 0 radical (unpaired) electrons. The molecule has 2 aromatic rings. The van der Waals surface area contributed by atoms with Crippen LogP contribution in [0.5, 0.6) is 5.75 Å². The van der Waals surface area contributed by atoms with Crippen LogP contribution >= 0.6 is 0 Å². The van der Waals surface area contributed by atoms with Crippen LogP contribution in [0.3, 0.4) is 0 Å². The van der Waals surface area contributed by atoms with Gasteiger partial charge in [0.25, 0.3) is 0 Å². The second kappa shape index (κ2) is 4.60. The Labute approximate surface area is 101 Å². The molecule has 2 aromatic carbocycles. The standard InChI is InChI=1S/C15H14O2/c1-2-5-12(6-3-1)13-7-4-8-14(9-13)16-10-15-11-17-15/h1-9,15H,10-11H2. The van der Waals surface area contributed by atoms with Crippen molar-refractivity contribution in [2.45, 2.75) is 6.10 Å². The van der Waals surface area contributed by atoms with Crippen LogP contribution in [0, 0.1) is 0 Å². The van der Waals surface area contributed by atoms with E-state index in [1.807, 2.05) is 30.3 Å². The van der Waals surface area contributed by atoms with Crippen LogP contribution in [-0.2, 0) is 4.74 Å². The number of rotatable bonds is 4. The van der Waals surface area contributed by atoms with E-state index >= 15 is 0 Å². The zero-order valence-corrected chi connectivity index (χ0v) is 9.50. The fourth-order valence-electron chi connectivity index (χ4n) is 1.75. The van der Waals surface area contributed by atoms with Gasteiger partial charge in [0.15, 0.2) is 0 Å². The van der Waals surface area contributed by atoms with Crippen LogP contribution in [0.25, 0.3) is 11.1 Å². The minimum atomic E-state index is 0.301. The Balaban J connectivity index is 1.78. The molecule has 86 valence electrons. The summed E-state index contributed by atoms with van der Waals surface area (Å²) in [5, 5.41) is 0. The molecule has 17 heavy (non-hydrogen) atoms. The van der Waals surface area contributed by atoms with Crippen LogP contribution in [0.4, 0.5) is 0 Å². The predicted octanol–water partition coefficient (Wildman–Crippen LogP) is 3.13. The number of ether oxygens (including phenoxy) is 2. The van der Waals surface area contributed by atoms with Gasteiger partial charge in [0, 0.05) is 0 Å². The third-order valence-corrected chi connectivity index (χ3v) is 2.78. The lowest BCUT2D eigenvalue weighted by atomic mass is 10.1. The van der Waals surface area contributed by atoms with E-state index in [0.29, 0.717) is 12.7 Å². The first kappa shape index (κ1) is 10.4.